The molecule has 6 heteroatoms. The van der Waals surface area contributed by atoms with Gasteiger partial charge in [0.15, 0.2) is 0 Å². The molecular weight excluding hydrogens is 240 g/mol. The number of hydrogen-bond acceptors (Lipinski definition) is 4. The molecule has 0 aromatic carbocycles. The highest BCUT2D eigenvalue weighted by atomic mass is 32.2. The quantitative estimate of drug-likeness (QED) is 0.633. The second kappa shape index (κ2) is 9.41. The number of carbonyl (C=O) groups excluding carboxylic acids is 1. The second-order valence-electron chi connectivity index (χ2n) is 3.96. The Balaban J connectivity index is 3.51. The number of unbranched alkanes of at least 4 members (excludes halogenated alkanes) is 2. The summed E-state index contributed by atoms with van der Waals surface area (Å²) in [4.78, 5) is 11.3. The smallest absolute Gasteiger partial charge is 0.246 e. The Morgan fingerprint density at radius 2 is 2.12 bits per heavy atom. The molecule has 0 radical (unpaired) electrons. The maximum absolute atomic E-state index is 11.5. The predicted octanol–water partition coefficient (Wildman–Crippen LogP) is 1.04. The number of carbonyl (C=O) groups is 1. The second-order valence-corrected chi connectivity index (χ2v) is 6.65. The summed E-state index contributed by atoms with van der Waals surface area (Å²) in [5.41, 5.74) is 0. The summed E-state index contributed by atoms with van der Waals surface area (Å²) in [6, 6.07) is 0. The largest absolute Gasteiger partial charge is 0.372 e. The van der Waals surface area contributed by atoms with E-state index < -0.39 is 9.73 Å². The Kier molecular flexibility index (Phi) is 9.07. The van der Waals surface area contributed by atoms with Crippen molar-refractivity contribution >= 4 is 15.6 Å². The van der Waals surface area contributed by atoms with Crippen molar-refractivity contribution in [1.29, 1.82) is 0 Å². The minimum Gasteiger partial charge on any atom is -0.372 e. The fraction of sp³-hybridized carbons (Fsp3) is 0.909. The van der Waals surface area contributed by atoms with Gasteiger partial charge in [0.05, 0.1) is 0 Å². The van der Waals surface area contributed by atoms with Gasteiger partial charge in [-0.1, -0.05) is 19.8 Å². The highest BCUT2D eigenvalue weighted by Gasteiger charge is 2.03. The number of nitrogens with one attached hydrogen (secondary N) is 1. The van der Waals surface area contributed by atoms with Gasteiger partial charge in [-0.25, -0.2) is 8.57 Å². The molecule has 1 atom stereocenters. The minimum absolute atomic E-state index is 0.0812. The Hall–Kier alpha value is -0.620. The molecule has 0 bridgehead atoms. The van der Waals surface area contributed by atoms with Crippen molar-refractivity contribution in [2.75, 3.05) is 38.8 Å². The van der Waals surface area contributed by atoms with Crippen LogP contribution in [0.3, 0.4) is 0 Å². The molecule has 0 rings (SSSR count). The summed E-state index contributed by atoms with van der Waals surface area (Å²) >= 11 is 0. The zero-order valence-electron chi connectivity index (χ0n) is 11.0. The first kappa shape index (κ1) is 16.4. The van der Waals surface area contributed by atoms with E-state index >= 15 is 0 Å². The summed E-state index contributed by atoms with van der Waals surface area (Å²) in [5, 5.41) is 2.66. The van der Waals surface area contributed by atoms with Crippen molar-refractivity contribution in [3.8, 4) is 0 Å². The molecule has 1 unspecified atom stereocenters. The molecular formula is C11H24N2O3S. The van der Waals surface area contributed by atoms with Crippen molar-refractivity contribution in [2.45, 2.75) is 26.2 Å². The average molecular weight is 264 g/mol. The van der Waals surface area contributed by atoms with Crippen molar-refractivity contribution in [3.05, 3.63) is 0 Å². The normalized spacial score (nSPS) is 14.1. The van der Waals surface area contributed by atoms with Crippen LogP contribution in [-0.2, 0) is 19.3 Å². The van der Waals surface area contributed by atoms with Crippen LogP contribution in [0.1, 0.15) is 26.2 Å². The van der Waals surface area contributed by atoms with Crippen LogP contribution in [0, 0.1) is 0 Å². The molecule has 0 fully saturated rings. The zero-order chi connectivity index (χ0) is 13.1. The van der Waals surface area contributed by atoms with Gasteiger partial charge in [-0.05, 0) is 6.42 Å². The summed E-state index contributed by atoms with van der Waals surface area (Å²) < 4.78 is 20.5. The van der Waals surface area contributed by atoms with E-state index in [2.05, 4.69) is 16.6 Å². The monoisotopic (exact) mass is 264 g/mol. The molecule has 0 aliphatic heterocycles. The first-order valence-corrected chi connectivity index (χ1v) is 8.03. The molecule has 0 aliphatic rings. The van der Waals surface area contributed by atoms with Gasteiger partial charge in [-0.3, -0.25) is 4.79 Å². The van der Waals surface area contributed by atoms with Crippen molar-refractivity contribution < 1.29 is 13.7 Å². The van der Waals surface area contributed by atoms with Gasteiger partial charge >= 0.3 is 0 Å². The van der Waals surface area contributed by atoms with Crippen molar-refractivity contribution in [1.82, 2.24) is 5.32 Å². The molecule has 0 aromatic rings. The minimum atomic E-state index is -2.13. The van der Waals surface area contributed by atoms with E-state index in [0.29, 0.717) is 18.9 Å². The maximum Gasteiger partial charge on any atom is 0.246 e. The number of rotatable bonds is 9. The molecule has 0 heterocycles. The molecule has 0 aromatic heterocycles. The van der Waals surface area contributed by atoms with Crippen LogP contribution in [-0.4, -0.2) is 48.9 Å². The highest BCUT2D eigenvalue weighted by Crippen LogP contribution is 1.93. The van der Waals surface area contributed by atoms with Gasteiger partial charge in [-0.2, -0.15) is 0 Å². The third-order valence-electron chi connectivity index (χ3n) is 2.31. The summed E-state index contributed by atoms with van der Waals surface area (Å²) in [6.45, 7) is 3.20. The van der Waals surface area contributed by atoms with E-state index in [1.54, 1.807) is 6.26 Å². The van der Waals surface area contributed by atoms with Gasteiger partial charge < -0.3 is 10.1 Å². The van der Waals surface area contributed by atoms with E-state index in [0.717, 1.165) is 19.3 Å². The Bertz CT molecular complexity index is 323. The van der Waals surface area contributed by atoms with Crippen LogP contribution in [0.15, 0.2) is 4.36 Å². The molecule has 1 N–H and O–H groups in total. The Morgan fingerprint density at radius 3 is 2.71 bits per heavy atom. The van der Waals surface area contributed by atoms with Crippen LogP contribution >= 0.6 is 0 Å². The number of nitrogens with zero attached hydrogens (tertiary/aromatic N) is 1. The first-order valence-electron chi connectivity index (χ1n) is 5.94. The zero-order valence-corrected chi connectivity index (χ0v) is 11.8. The lowest BCUT2D eigenvalue weighted by Crippen LogP contribution is -2.31. The predicted molar refractivity (Wildman–Crippen MR) is 70.6 cm³/mol. The van der Waals surface area contributed by atoms with Crippen LogP contribution in [0.5, 0.6) is 0 Å². The van der Waals surface area contributed by atoms with Crippen LogP contribution in [0.25, 0.3) is 0 Å². The van der Waals surface area contributed by atoms with E-state index in [1.165, 1.54) is 7.05 Å². The van der Waals surface area contributed by atoms with Gasteiger partial charge in [0, 0.05) is 41.9 Å². The highest BCUT2D eigenvalue weighted by molar-refractivity contribution is 7.92. The Labute approximate surface area is 104 Å². The summed E-state index contributed by atoms with van der Waals surface area (Å²) in [6.07, 6.45) is 4.83. The van der Waals surface area contributed by atoms with Crippen LogP contribution in [0.2, 0.25) is 0 Å². The topological polar surface area (TPSA) is 67.8 Å². The molecule has 17 heavy (non-hydrogen) atoms. The number of ether oxygens (including phenoxy) is 1. The van der Waals surface area contributed by atoms with Gasteiger partial charge in [0.1, 0.15) is 6.61 Å². The fourth-order valence-electron chi connectivity index (χ4n) is 1.14. The van der Waals surface area contributed by atoms with E-state index in [-0.39, 0.29) is 12.5 Å². The molecule has 0 aliphatic carbocycles. The Morgan fingerprint density at radius 1 is 1.41 bits per heavy atom. The lowest BCUT2D eigenvalue weighted by molar-refractivity contribution is -0.125. The van der Waals surface area contributed by atoms with Crippen molar-refractivity contribution in [3.63, 3.8) is 0 Å². The number of amides is 1. The van der Waals surface area contributed by atoms with E-state index in [4.69, 9.17) is 4.74 Å². The van der Waals surface area contributed by atoms with Gasteiger partial charge in [0.25, 0.3) is 0 Å². The lowest BCUT2D eigenvalue weighted by Gasteiger charge is -2.06. The number of hydrogen-bond donors (Lipinski definition) is 1. The average Bonchev–Trinajstić information content (AvgIpc) is 2.28. The third-order valence-corrected chi connectivity index (χ3v) is 4.05. The molecule has 0 saturated carbocycles. The van der Waals surface area contributed by atoms with Gasteiger partial charge in [0.2, 0.25) is 5.91 Å². The fourth-order valence-corrected chi connectivity index (χ4v) is 1.80. The van der Waals surface area contributed by atoms with E-state index in [1.807, 2.05) is 0 Å². The SMILES string of the molecule is CCCCCOCC(=O)NCCS(C)(=O)=NC. The maximum atomic E-state index is 11.5. The van der Waals surface area contributed by atoms with E-state index in [9.17, 15) is 9.00 Å². The summed E-state index contributed by atoms with van der Waals surface area (Å²) in [7, 11) is -0.599. The standard InChI is InChI=1S/C11H24N2O3S/c1-4-5-6-8-16-10-11(14)13-7-9-17(3,15)12-2/h4-10H2,1-3H3,(H,13,14). The molecule has 0 saturated heterocycles. The molecule has 102 valence electrons. The van der Waals surface area contributed by atoms with Crippen LogP contribution < -0.4 is 5.32 Å². The third kappa shape index (κ3) is 10.3. The lowest BCUT2D eigenvalue weighted by atomic mass is 10.3. The van der Waals surface area contributed by atoms with Crippen molar-refractivity contribution in [2.24, 2.45) is 4.36 Å². The molecule has 0 spiro atoms. The summed E-state index contributed by atoms with van der Waals surface area (Å²) in [5.74, 6) is 0.221. The molecule has 5 nitrogen and oxygen atoms in total. The van der Waals surface area contributed by atoms with Gasteiger partial charge in [-0.15, -0.1) is 0 Å². The first-order chi connectivity index (χ1) is 8.02. The molecule has 1 amide bonds. The van der Waals surface area contributed by atoms with Crippen LogP contribution in [0.4, 0.5) is 0 Å².